The number of benzene rings is 1. The van der Waals surface area contributed by atoms with E-state index in [9.17, 15) is 4.79 Å². The lowest BCUT2D eigenvalue weighted by atomic mass is 10.0. The minimum atomic E-state index is 0.0732. The van der Waals surface area contributed by atoms with E-state index < -0.39 is 0 Å². The van der Waals surface area contributed by atoms with Gasteiger partial charge in [0.1, 0.15) is 22.7 Å². The fourth-order valence-electron chi connectivity index (χ4n) is 5.26. The summed E-state index contributed by atoms with van der Waals surface area (Å²) in [6.07, 6.45) is 4.25. The van der Waals surface area contributed by atoms with Gasteiger partial charge in [0.25, 0.3) is 0 Å². The number of hydrogen-bond donors (Lipinski definition) is 1. The van der Waals surface area contributed by atoms with E-state index in [-0.39, 0.29) is 18.1 Å². The Labute approximate surface area is 207 Å². The van der Waals surface area contributed by atoms with Crippen molar-refractivity contribution in [1.82, 2.24) is 19.8 Å². The topological polar surface area (TPSA) is 92.2 Å². The van der Waals surface area contributed by atoms with E-state index in [0.717, 1.165) is 45.0 Å². The number of methoxy groups -OCH3 is 1. The molecule has 0 spiro atoms. The number of urea groups is 1. The Morgan fingerprint density at radius 1 is 1.23 bits per heavy atom. The summed E-state index contributed by atoms with van der Waals surface area (Å²) in [5.41, 5.74) is 4.32. The van der Waals surface area contributed by atoms with E-state index in [1.54, 1.807) is 24.8 Å². The van der Waals surface area contributed by atoms with Crippen molar-refractivity contribution in [3.63, 3.8) is 0 Å². The Hall–Kier alpha value is -3.24. The number of amides is 2. The number of anilines is 2. The number of morpholine rings is 1. The SMILES string of the molecule is COc1cc2c(cc1Nc1ncnc3sc4c(c13)CCN(C(=O)N1[C@@H](C)COC[C@@H]1C)C4)C=NC2. The van der Waals surface area contributed by atoms with E-state index in [4.69, 9.17) is 9.47 Å². The van der Waals surface area contributed by atoms with Gasteiger partial charge in [0.05, 0.1) is 56.6 Å². The highest BCUT2D eigenvalue weighted by atomic mass is 32.1. The summed E-state index contributed by atoms with van der Waals surface area (Å²) in [4.78, 5) is 32.9. The van der Waals surface area contributed by atoms with Crippen molar-refractivity contribution >= 4 is 45.3 Å². The Kier molecular flexibility index (Phi) is 5.57. The predicted molar refractivity (Wildman–Crippen MR) is 136 cm³/mol. The molecule has 0 saturated carbocycles. The fourth-order valence-corrected chi connectivity index (χ4v) is 6.47. The summed E-state index contributed by atoms with van der Waals surface area (Å²) in [6, 6.07) is 4.32. The molecule has 0 unspecified atom stereocenters. The summed E-state index contributed by atoms with van der Waals surface area (Å²) in [7, 11) is 1.67. The predicted octanol–water partition coefficient (Wildman–Crippen LogP) is 3.96. The molecule has 0 aliphatic carbocycles. The van der Waals surface area contributed by atoms with Crippen LogP contribution in [0.4, 0.5) is 16.3 Å². The van der Waals surface area contributed by atoms with Crippen molar-refractivity contribution in [3.05, 3.63) is 40.0 Å². The summed E-state index contributed by atoms with van der Waals surface area (Å²) in [6.45, 7) is 7.20. The zero-order valence-corrected chi connectivity index (χ0v) is 20.9. The van der Waals surface area contributed by atoms with Crippen LogP contribution in [0, 0.1) is 0 Å². The number of hydrogen-bond acceptors (Lipinski definition) is 8. The normalized spacial score (nSPS) is 21.2. The van der Waals surface area contributed by atoms with Crippen molar-refractivity contribution in [3.8, 4) is 5.75 Å². The second-order valence-corrected chi connectivity index (χ2v) is 10.4. The number of aromatic nitrogens is 2. The molecule has 9 nitrogen and oxygen atoms in total. The number of rotatable bonds is 3. The minimum absolute atomic E-state index is 0.0732. The molecule has 2 amide bonds. The van der Waals surface area contributed by atoms with Crippen LogP contribution >= 0.6 is 11.3 Å². The number of ether oxygens (including phenoxy) is 2. The fraction of sp³-hybridized carbons (Fsp3) is 0.440. The van der Waals surface area contributed by atoms with Crippen molar-refractivity contribution in [1.29, 1.82) is 0 Å². The largest absolute Gasteiger partial charge is 0.495 e. The van der Waals surface area contributed by atoms with Crippen molar-refractivity contribution in [2.24, 2.45) is 4.99 Å². The molecule has 1 N–H and O–H groups in total. The summed E-state index contributed by atoms with van der Waals surface area (Å²) in [5, 5.41) is 4.53. The lowest BCUT2D eigenvalue weighted by Crippen LogP contribution is -2.57. The molecule has 1 fully saturated rings. The first-order valence-electron chi connectivity index (χ1n) is 11.9. The summed E-state index contributed by atoms with van der Waals surface area (Å²) < 4.78 is 11.3. The zero-order valence-electron chi connectivity index (χ0n) is 20.1. The van der Waals surface area contributed by atoms with Gasteiger partial charge in [0, 0.05) is 17.6 Å². The van der Waals surface area contributed by atoms with Crippen LogP contribution in [0.2, 0.25) is 0 Å². The molecule has 3 aromatic rings. The monoisotopic (exact) mass is 492 g/mol. The highest BCUT2D eigenvalue weighted by Crippen LogP contribution is 2.40. The van der Waals surface area contributed by atoms with Crippen LogP contribution in [0.5, 0.6) is 5.75 Å². The van der Waals surface area contributed by atoms with Crippen LogP contribution in [0.1, 0.15) is 35.4 Å². The second-order valence-electron chi connectivity index (χ2n) is 9.35. The van der Waals surface area contributed by atoms with Crippen LogP contribution in [-0.4, -0.2) is 71.0 Å². The molecule has 2 atom stereocenters. The average Bonchev–Trinajstić information content (AvgIpc) is 3.47. The maximum absolute atomic E-state index is 13.4. The van der Waals surface area contributed by atoms with Gasteiger partial charge in [-0.15, -0.1) is 11.3 Å². The van der Waals surface area contributed by atoms with E-state index in [1.807, 2.05) is 22.1 Å². The highest BCUT2D eigenvalue weighted by molar-refractivity contribution is 7.19. The van der Waals surface area contributed by atoms with Crippen molar-refractivity contribution in [2.75, 3.05) is 32.2 Å². The molecule has 5 heterocycles. The molecule has 2 aromatic heterocycles. The molecule has 0 radical (unpaired) electrons. The Bertz CT molecular complexity index is 1330. The molecule has 182 valence electrons. The third kappa shape index (κ3) is 3.81. The first-order valence-corrected chi connectivity index (χ1v) is 12.7. The van der Waals surface area contributed by atoms with E-state index in [2.05, 4.69) is 40.2 Å². The standard InChI is InChI=1S/C25H28N6O3S/c1-14-11-34-12-15(2)31(14)25(32)30-5-4-18-21(10-30)35-24-22(18)23(27-13-28-24)29-19-6-16-8-26-9-17(16)7-20(19)33-3/h6-8,13-15H,4-5,9-12H2,1-3H3,(H,27,28,29)/t14-,15-/m0/s1. The third-order valence-electron chi connectivity index (χ3n) is 7.00. The van der Waals surface area contributed by atoms with Crippen LogP contribution in [0.3, 0.4) is 0 Å². The van der Waals surface area contributed by atoms with E-state index >= 15 is 0 Å². The van der Waals surface area contributed by atoms with Gasteiger partial charge in [-0.25, -0.2) is 14.8 Å². The van der Waals surface area contributed by atoms with Gasteiger partial charge < -0.3 is 24.6 Å². The third-order valence-corrected chi connectivity index (χ3v) is 8.13. The molecular weight excluding hydrogens is 464 g/mol. The average molecular weight is 493 g/mol. The smallest absolute Gasteiger partial charge is 0.320 e. The Morgan fingerprint density at radius 3 is 2.86 bits per heavy atom. The van der Waals surface area contributed by atoms with Gasteiger partial charge >= 0.3 is 6.03 Å². The molecule has 35 heavy (non-hydrogen) atoms. The van der Waals surface area contributed by atoms with Gasteiger partial charge in [-0.2, -0.15) is 0 Å². The first kappa shape index (κ1) is 22.2. The van der Waals surface area contributed by atoms with Gasteiger partial charge in [-0.05, 0) is 49.1 Å². The van der Waals surface area contributed by atoms with Gasteiger partial charge in [0.15, 0.2) is 0 Å². The highest BCUT2D eigenvalue weighted by Gasteiger charge is 2.35. The van der Waals surface area contributed by atoms with Crippen LogP contribution in [-0.2, 0) is 24.2 Å². The molecule has 0 bridgehead atoms. The molecule has 1 saturated heterocycles. The van der Waals surface area contributed by atoms with Crippen molar-refractivity contribution < 1.29 is 14.3 Å². The quantitative estimate of drug-likeness (QED) is 0.595. The number of fused-ring (bicyclic) bond motifs is 4. The number of nitrogens with one attached hydrogen (secondary N) is 1. The zero-order chi connectivity index (χ0) is 24.1. The Morgan fingerprint density at radius 2 is 2.06 bits per heavy atom. The molecule has 10 heteroatoms. The number of thiophene rings is 1. The lowest BCUT2D eigenvalue weighted by molar-refractivity contribution is -0.0226. The maximum Gasteiger partial charge on any atom is 0.320 e. The lowest BCUT2D eigenvalue weighted by Gasteiger charge is -2.42. The number of carbonyl (C=O) groups excluding carboxylic acids is 1. The van der Waals surface area contributed by atoms with Crippen LogP contribution in [0.25, 0.3) is 10.2 Å². The first-order chi connectivity index (χ1) is 17.0. The molecule has 6 rings (SSSR count). The Balaban J connectivity index is 1.31. The van der Waals surface area contributed by atoms with Crippen LogP contribution in [0.15, 0.2) is 23.5 Å². The summed E-state index contributed by atoms with van der Waals surface area (Å²) >= 11 is 1.64. The number of carbonyl (C=O) groups is 1. The molecular formula is C25H28N6O3S. The second kappa shape index (κ2) is 8.76. The molecule has 3 aliphatic heterocycles. The van der Waals surface area contributed by atoms with Gasteiger partial charge in [-0.3, -0.25) is 4.99 Å². The van der Waals surface area contributed by atoms with Gasteiger partial charge in [0.2, 0.25) is 0 Å². The van der Waals surface area contributed by atoms with E-state index in [0.29, 0.717) is 32.8 Å². The summed E-state index contributed by atoms with van der Waals surface area (Å²) in [5.74, 6) is 1.52. The van der Waals surface area contributed by atoms with Crippen molar-refractivity contribution in [2.45, 2.75) is 45.4 Å². The number of aliphatic imine (C=N–C) groups is 1. The van der Waals surface area contributed by atoms with Gasteiger partial charge in [-0.1, -0.05) is 0 Å². The maximum atomic E-state index is 13.4. The number of nitrogens with zero attached hydrogens (tertiary/aromatic N) is 5. The molecule has 3 aliphatic rings. The van der Waals surface area contributed by atoms with Crippen LogP contribution < -0.4 is 10.1 Å². The van der Waals surface area contributed by atoms with E-state index in [1.165, 1.54) is 10.4 Å². The minimum Gasteiger partial charge on any atom is -0.495 e. The molecule has 1 aromatic carbocycles.